The molecule has 1 N–H and O–H groups in total. The lowest BCUT2D eigenvalue weighted by molar-refractivity contribution is -0.114. The molecule has 10 heteroatoms. The number of amidine groups is 2. The van der Waals surface area contributed by atoms with Gasteiger partial charge in [-0.25, -0.2) is 0 Å². The number of ether oxygens (including phenoxy) is 3. The summed E-state index contributed by atoms with van der Waals surface area (Å²) in [5.74, 6) is 1.86. The van der Waals surface area contributed by atoms with Crippen LogP contribution in [-0.2, 0) is 4.79 Å². The Bertz CT molecular complexity index is 1350. The summed E-state index contributed by atoms with van der Waals surface area (Å²) in [5.41, 5.74) is 0.964. The number of hydrazone groups is 1. The molecule has 0 bridgehead atoms. The molecule has 182 valence electrons. The van der Waals surface area contributed by atoms with Gasteiger partial charge in [0.25, 0.3) is 5.91 Å². The Hall–Kier alpha value is -3.89. The average Bonchev–Trinajstić information content (AvgIpc) is 3.58. The Balaban J connectivity index is 1.15. The molecule has 0 atom stereocenters. The highest BCUT2D eigenvalue weighted by molar-refractivity contribution is 8.27. The largest absolute Gasteiger partial charge is 0.497 e. The minimum Gasteiger partial charge on any atom is -0.497 e. The molecule has 1 aromatic heterocycles. The SMILES string of the molecule is COc1ccc(OCCCOc2ccc(/C=C3/C(=N)N4N=C(c5cccs5)SC4=NC3=O)cc2)cc1. The highest BCUT2D eigenvalue weighted by Crippen LogP contribution is 2.32. The first-order valence-corrected chi connectivity index (χ1v) is 12.8. The van der Waals surface area contributed by atoms with Crippen LogP contribution in [0.1, 0.15) is 16.9 Å². The van der Waals surface area contributed by atoms with Crippen molar-refractivity contribution >= 4 is 51.1 Å². The van der Waals surface area contributed by atoms with Crippen LogP contribution in [0.3, 0.4) is 0 Å². The molecule has 0 aliphatic carbocycles. The minimum absolute atomic E-state index is 0.0150. The number of hydrogen-bond acceptors (Lipinski definition) is 8. The number of carbonyl (C=O) groups is 1. The first kappa shape index (κ1) is 23.8. The van der Waals surface area contributed by atoms with Gasteiger partial charge in [0.2, 0.25) is 5.17 Å². The number of methoxy groups -OCH3 is 1. The van der Waals surface area contributed by atoms with Gasteiger partial charge in [0.1, 0.15) is 22.3 Å². The predicted octanol–water partition coefficient (Wildman–Crippen LogP) is 5.27. The summed E-state index contributed by atoms with van der Waals surface area (Å²) in [4.78, 5) is 17.7. The van der Waals surface area contributed by atoms with E-state index < -0.39 is 5.91 Å². The number of hydrogen-bond donors (Lipinski definition) is 1. The molecule has 0 saturated carbocycles. The second kappa shape index (κ2) is 10.8. The molecule has 1 amide bonds. The molecule has 2 aromatic carbocycles. The lowest BCUT2D eigenvalue weighted by Gasteiger charge is -2.20. The van der Waals surface area contributed by atoms with Crippen molar-refractivity contribution in [1.29, 1.82) is 5.41 Å². The quantitative estimate of drug-likeness (QED) is 0.306. The molecule has 3 heterocycles. The third-order valence-corrected chi connectivity index (χ3v) is 7.21. The van der Waals surface area contributed by atoms with E-state index in [1.54, 1.807) is 24.5 Å². The van der Waals surface area contributed by atoms with E-state index in [1.807, 2.05) is 66.0 Å². The molecule has 0 unspecified atom stereocenters. The van der Waals surface area contributed by atoms with Crippen LogP contribution in [0.2, 0.25) is 0 Å². The minimum atomic E-state index is -0.446. The summed E-state index contributed by atoms with van der Waals surface area (Å²) in [6.07, 6.45) is 2.38. The second-order valence-corrected chi connectivity index (χ2v) is 9.60. The van der Waals surface area contributed by atoms with Gasteiger partial charge in [-0.2, -0.15) is 15.1 Å². The molecule has 2 aliphatic heterocycles. The zero-order chi connectivity index (χ0) is 24.9. The van der Waals surface area contributed by atoms with Crippen LogP contribution in [0.4, 0.5) is 0 Å². The molecule has 0 saturated heterocycles. The number of rotatable bonds is 9. The van der Waals surface area contributed by atoms with E-state index in [1.165, 1.54) is 16.8 Å². The van der Waals surface area contributed by atoms with Crippen LogP contribution in [0.5, 0.6) is 17.2 Å². The van der Waals surface area contributed by atoms with Crippen molar-refractivity contribution in [3.8, 4) is 17.2 Å². The number of nitrogens with zero attached hydrogens (tertiary/aromatic N) is 3. The number of aliphatic imine (C=N–C) groups is 1. The molecule has 3 aromatic rings. The van der Waals surface area contributed by atoms with Crippen LogP contribution < -0.4 is 14.2 Å². The Kier molecular flexibility index (Phi) is 7.15. The van der Waals surface area contributed by atoms with Gasteiger partial charge in [-0.05, 0) is 71.2 Å². The number of benzene rings is 2. The summed E-state index contributed by atoms with van der Waals surface area (Å²) < 4.78 is 16.6. The van der Waals surface area contributed by atoms with Gasteiger partial charge in [-0.1, -0.05) is 18.2 Å². The maximum atomic E-state index is 12.6. The van der Waals surface area contributed by atoms with Crippen molar-refractivity contribution in [1.82, 2.24) is 5.01 Å². The Labute approximate surface area is 216 Å². The van der Waals surface area contributed by atoms with Crippen LogP contribution in [0.25, 0.3) is 6.08 Å². The standard InChI is InChI=1S/C26H22N4O4S2/c1-32-18-9-11-20(12-10-18)34-14-3-13-33-19-7-5-17(6-8-19)16-21-23(27)30-26(28-24(21)31)36-25(29-30)22-4-2-15-35-22/h2,4-12,15-16,27H,3,13-14H2,1H3/b21-16-,27-23?. The van der Waals surface area contributed by atoms with Crippen LogP contribution in [0, 0.1) is 5.41 Å². The van der Waals surface area contributed by atoms with Crippen molar-refractivity contribution in [2.45, 2.75) is 6.42 Å². The van der Waals surface area contributed by atoms with Gasteiger partial charge < -0.3 is 14.2 Å². The molecular formula is C26H22N4O4S2. The third-order valence-electron chi connectivity index (χ3n) is 5.26. The van der Waals surface area contributed by atoms with Crippen molar-refractivity contribution < 1.29 is 19.0 Å². The van der Waals surface area contributed by atoms with Crippen LogP contribution >= 0.6 is 23.1 Å². The third kappa shape index (κ3) is 5.34. The van der Waals surface area contributed by atoms with Crippen molar-refractivity contribution in [3.63, 3.8) is 0 Å². The predicted molar refractivity (Wildman–Crippen MR) is 143 cm³/mol. The van der Waals surface area contributed by atoms with Crippen molar-refractivity contribution in [3.05, 3.63) is 82.1 Å². The van der Waals surface area contributed by atoms with Crippen molar-refractivity contribution in [2.75, 3.05) is 20.3 Å². The van der Waals surface area contributed by atoms with Crippen LogP contribution in [-0.4, -0.2) is 47.3 Å². The fraction of sp³-hybridized carbons (Fsp3) is 0.154. The number of carbonyl (C=O) groups excluding carboxylic acids is 1. The highest BCUT2D eigenvalue weighted by atomic mass is 32.2. The fourth-order valence-corrected chi connectivity index (χ4v) is 5.11. The summed E-state index contributed by atoms with van der Waals surface area (Å²) in [7, 11) is 1.63. The smallest absolute Gasteiger partial charge is 0.283 e. The number of thiophene rings is 1. The lowest BCUT2D eigenvalue weighted by Crippen LogP contribution is -2.35. The lowest BCUT2D eigenvalue weighted by atomic mass is 10.1. The molecule has 0 fully saturated rings. The Morgan fingerprint density at radius 1 is 0.972 bits per heavy atom. The van der Waals surface area contributed by atoms with Crippen molar-refractivity contribution in [2.24, 2.45) is 10.1 Å². The normalized spacial score (nSPS) is 16.0. The van der Waals surface area contributed by atoms with E-state index in [2.05, 4.69) is 10.1 Å². The highest BCUT2D eigenvalue weighted by Gasteiger charge is 2.36. The summed E-state index contributed by atoms with van der Waals surface area (Å²) in [6.45, 7) is 1.04. The molecule has 36 heavy (non-hydrogen) atoms. The first-order valence-electron chi connectivity index (χ1n) is 11.1. The average molecular weight is 519 g/mol. The number of fused-ring (bicyclic) bond motifs is 1. The molecule has 8 nitrogen and oxygen atoms in total. The molecular weight excluding hydrogens is 496 g/mol. The molecule has 0 radical (unpaired) electrons. The maximum Gasteiger partial charge on any atom is 0.283 e. The van der Waals surface area contributed by atoms with Gasteiger partial charge in [-0.15, -0.1) is 11.3 Å². The van der Waals surface area contributed by atoms with Crippen LogP contribution in [0.15, 0.2) is 81.7 Å². The second-order valence-electron chi connectivity index (χ2n) is 7.70. The molecule has 5 rings (SSSR count). The van der Waals surface area contributed by atoms with E-state index in [0.29, 0.717) is 24.1 Å². The van der Waals surface area contributed by atoms with E-state index in [-0.39, 0.29) is 11.4 Å². The van der Waals surface area contributed by atoms with E-state index >= 15 is 0 Å². The summed E-state index contributed by atoms with van der Waals surface area (Å²) in [5, 5.41) is 17.5. The van der Waals surface area contributed by atoms with E-state index in [4.69, 9.17) is 19.6 Å². The van der Waals surface area contributed by atoms with E-state index in [9.17, 15) is 4.79 Å². The Morgan fingerprint density at radius 3 is 2.28 bits per heavy atom. The monoisotopic (exact) mass is 518 g/mol. The number of nitrogens with one attached hydrogen (secondary N) is 1. The zero-order valence-corrected chi connectivity index (χ0v) is 21.0. The Morgan fingerprint density at radius 2 is 1.64 bits per heavy atom. The van der Waals surface area contributed by atoms with Gasteiger partial charge in [0, 0.05) is 6.42 Å². The van der Waals surface area contributed by atoms with Gasteiger partial charge in [0.05, 0.1) is 30.8 Å². The fourth-order valence-electron chi connectivity index (χ4n) is 3.43. The zero-order valence-electron chi connectivity index (χ0n) is 19.3. The van der Waals surface area contributed by atoms with Gasteiger partial charge in [0.15, 0.2) is 5.84 Å². The molecule has 0 spiro atoms. The number of amides is 1. The first-order chi connectivity index (χ1) is 17.6. The maximum absolute atomic E-state index is 12.6. The summed E-state index contributed by atoms with van der Waals surface area (Å²) >= 11 is 2.85. The number of thioether (sulfide) groups is 1. The summed E-state index contributed by atoms with van der Waals surface area (Å²) in [6, 6.07) is 18.7. The molecule has 2 aliphatic rings. The van der Waals surface area contributed by atoms with E-state index in [0.717, 1.165) is 33.4 Å². The van der Waals surface area contributed by atoms with Gasteiger partial charge >= 0.3 is 0 Å². The topological polar surface area (TPSA) is 96.6 Å². The van der Waals surface area contributed by atoms with Gasteiger partial charge in [-0.3, -0.25) is 10.2 Å².